The van der Waals surface area contributed by atoms with E-state index in [0.717, 1.165) is 46.2 Å². The van der Waals surface area contributed by atoms with Gasteiger partial charge in [-0.25, -0.2) is 5.48 Å². The summed E-state index contributed by atoms with van der Waals surface area (Å²) in [5.74, 6) is 0.169. The van der Waals surface area contributed by atoms with Gasteiger partial charge in [0.25, 0.3) is 5.03 Å². The number of aliphatic hydroxyl groups excluding tert-OH is 1. The summed E-state index contributed by atoms with van der Waals surface area (Å²) in [6.07, 6.45) is 4.89. The fourth-order valence-corrected chi connectivity index (χ4v) is 5.72. The molecule has 0 unspecified atom stereocenters. The third-order valence-electron chi connectivity index (χ3n) is 7.24. The number of pyridine rings is 1. The lowest BCUT2D eigenvalue weighted by atomic mass is 10.0. The van der Waals surface area contributed by atoms with Gasteiger partial charge in [-0.3, -0.25) is 14.8 Å². The number of hydroxylamine groups is 1. The van der Waals surface area contributed by atoms with Gasteiger partial charge in [0.15, 0.2) is 12.5 Å². The van der Waals surface area contributed by atoms with Crippen LogP contribution in [-0.2, 0) is 32.2 Å². The number of hydrogen-bond donors (Lipinski definition) is 4. The Morgan fingerprint density at radius 3 is 2.23 bits per heavy atom. The number of nitrogens with one attached hydrogen (secondary N) is 2. The number of benzene rings is 2. The summed E-state index contributed by atoms with van der Waals surface area (Å²) < 4.78 is 13.6. The van der Waals surface area contributed by atoms with Crippen molar-refractivity contribution in [2.45, 2.75) is 81.6 Å². The van der Waals surface area contributed by atoms with E-state index < -0.39 is 12.2 Å². The number of nitrogens with zero attached hydrogens (tertiary/aromatic N) is 1. The summed E-state index contributed by atoms with van der Waals surface area (Å²) >= 11 is 1.45. The molecule has 0 spiro atoms. The first-order chi connectivity index (χ1) is 20.9. The molecule has 1 aromatic heterocycles. The Morgan fingerprint density at radius 1 is 0.884 bits per heavy atom. The molecule has 3 aromatic rings. The van der Waals surface area contributed by atoms with Crippen LogP contribution in [0.25, 0.3) is 0 Å². The highest BCUT2D eigenvalue weighted by molar-refractivity contribution is 7.99. The number of carbonyl (C=O) groups excluding carboxylic acids is 2. The number of unbranched alkanes of at least 4 members (excludes halogenated alkanes) is 3. The van der Waals surface area contributed by atoms with E-state index in [2.05, 4.69) is 5.32 Å². The normalized spacial score (nSPS) is 18.2. The monoisotopic (exact) mass is 609 g/mol. The quantitative estimate of drug-likeness (QED) is 0.0488. The molecule has 43 heavy (non-hydrogen) atoms. The van der Waals surface area contributed by atoms with Crippen molar-refractivity contribution in [1.29, 1.82) is 0 Å². The second kappa shape index (κ2) is 17.0. The summed E-state index contributed by atoms with van der Waals surface area (Å²) in [5, 5.41) is 33.6. The third kappa shape index (κ3) is 10.3. The minimum absolute atomic E-state index is 0.0238. The van der Waals surface area contributed by atoms with Crippen molar-refractivity contribution < 1.29 is 34.1 Å². The minimum Gasteiger partial charge on any atom is -0.618 e. The Kier molecular flexibility index (Phi) is 12.8. The standard InChI is InChI=1S/C32H39N3O7S/c36-21-24-12-14-25(15-13-24)28-19-27(22-43-31-9-5-6-18-35(31)40)41-32(42-28)26-16-10-23(11-17-26)20-33-29(37)7-3-1-2-4-8-30(38)34-39/h5-6,9-18,27-28,32,36,39H,1-4,7-8,19-22H2,(H,33,37)(H,34,38)/t27-,28+,32+/m0/s1. The Hall–Kier alpha value is -3.48. The number of rotatable bonds is 15. The number of amides is 2. The zero-order valence-corrected chi connectivity index (χ0v) is 24.8. The van der Waals surface area contributed by atoms with E-state index >= 15 is 0 Å². The topological polar surface area (TPSA) is 144 Å². The summed E-state index contributed by atoms with van der Waals surface area (Å²) in [6, 6.07) is 20.8. The number of aliphatic hydroxyl groups is 1. The largest absolute Gasteiger partial charge is 0.618 e. The summed E-state index contributed by atoms with van der Waals surface area (Å²) in [7, 11) is 0. The van der Waals surface area contributed by atoms with Crippen molar-refractivity contribution in [3.8, 4) is 0 Å². The summed E-state index contributed by atoms with van der Waals surface area (Å²) in [5.41, 5.74) is 5.25. The molecule has 1 fully saturated rings. The summed E-state index contributed by atoms with van der Waals surface area (Å²) in [4.78, 5) is 23.3. The van der Waals surface area contributed by atoms with Crippen LogP contribution in [0.3, 0.4) is 0 Å². The Morgan fingerprint density at radius 2 is 1.56 bits per heavy atom. The first-order valence-corrected chi connectivity index (χ1v) is 15.5. The number of aromatic nitrogens is 1. The molecule has 4 N–H and O–H groups in total. The molecule has 0 bridgehead atoms. The van der Waals surface area contributed by atoms with Crippen LogP contribution >= 0.6 is 11.8 Å². The predicted octanol–water partition coefficient (Wildman–Crippen LogP) is 4.61. The number of hydrogen-bond acceptors (Lipinski definition) is 8. The van der Waals surface area contributed by atoms with Crippen LogP contribution < -0.4 is 15.5 Å². The van der Waals surface area contributed by atoms with Crippen LogP contribution in [-0.4, -0.2) is 34.0 Å². The second-order valence-corrected chi connectivity index (χ2v) is 11.5. The number of carbonyl (C=O) groups is 2. The molecule has 1 aliphatic rings. The molecule has 0 aliphatic carbocycles. The highest BCUT2D eigenvalue weighted by atomic mass is 32.2. The van der Waals surface area contributed by atoms with E-state index in [1.807, 2.05) is 54.6 Å². The first kappa shape index (κ1) is 32.4. The van der Waals surface area contributed by atoms with Crippen LogP contribution in [0.15, 0.2) is 78.0 Å². The van der Waals surface area contributed by atoms with Gasteiger partial charge in [0.05, 0.1) is 18.8 Å². The molecule has 2 amide bonds. The highest BCUT2D eigenvalue weighted by Gasteiger charge is 2.32. The second-order valence-electron chi connectivity index (χ2n) is 10.5. The Balaban J connectivity index is 1.31. The maximum absolute atomic E-state index is 12.3. The van der Waals surface area contributed by atoms with E-state index in [1.54, 1.807) is 17.6 Å². The van der Waals surface area contributed by atoms with E-state index in [4.69, 9.17) is 14.7 Å². The predicted molar refractivity (Wildman–Crippen MR) is 160 cm³/mol. The zero-order chi connectivity index (χ0) is 30.4. The van der Waals surface area contributed by atoms with E-state index in [1.165, 1.54) is 18.0 Å². The van der Waals surface area contributed by atoms with Gasteiger partial charge in [-0.15, -0.1) is 0 Å². The fourth-order valence-electron chi connectivity index (χ4n) is 4.79. The van der Waals surface area contributed by atoms with Crippen LogP contribution in [0.1, 0.15) is 79.6 Å². The van der Waals surface area contributed by atoms with Crippen molar-refractivity contribution in [3.05, 3.63) is 100 Å². The molecular formula is C32H39N3O7S. The van der Waals surface area contributed by atoms with Crippen LogP contribution in [0.4, 0.5) is 0 Å². The molecule has 0 radical (unpaired) electrons. The van der Waals surface area contributed by atoms with Gasteiger partial charge in [0.2, 0.25) is 11.8 Å². The molecule has 2 heterocycles. The zero-order valence-electron chi connectivity index (χ0n) is 24.0. The van der Waals surface area contributed by atoms with Crippen molar-refractivity contribution in [2.75, 3.05) is 5.75 Å². The van der Waals surface area contributed by atoms with E-state index in [9.17, 15) is 19.9 Å². The van der Waals surface area contributed by atoms with Crippen LogP contribution in [0.5, 0.6) is 0 Å². The molecule has 2 aromatic carbocycles. The molecule has 1 aliphatic heterocycles. The van der Waals surface area contributed by atoms with Crippen molar-refractivity contribution in [3.63, 3.8) is 0 Å². The molecule has 1 saturated heterocycles. The average molecular weight is 610 g/mol. The highest BCUT2D eigenvalue weighted by Crippen LogP contribution is 2.39. The van der Waals surface area contributed by atoms with Gasteiger partial charge in [0, 0.05) is 49.3 Å². The average Bonchev–Trinajstić information content (AvgIpc) is 3.05. The smallest absolute Gasteiger partial charge is 0.251 e. The third-order valence-corrected chi connectivity index (χ3v) is 8.39. The fraction of sp³-hybridized carbons (Fsp3) is 0.406. The molecule has 4 rings (SSSR count). The summed E-state index contributed by atoms with van der Waals surface area (Å²) in [6.45, 7) is 0.386. The molecule has 10 nitrogen and oxygen atoms in total. The molecular weight excluding hydrogens is 570 g/mol. The Bertz CT molecular complexity index is 1310. The molecule has 0 saturated carbocycles. The van der Waals surface area contributed by atoms with Gasteiger partial charge in [-0.1, -0.05) is 73.1 Å². The lowest BCUT2D eigenvalue weighted by molar-refractivity contribution is -0.645. The molecule has 230 valence electrons. The first-order valence-electron chi connectivity index (χ1n) is 14.5. The molecule has 3 atom stereocenters. The van der Waals surface area contributed by atoms with Crippen molar-refractivity contribution in [2.24, 2.45) is 0 Å². The van der Waals surface area contributed by atoms with Gasteiger partial charge < -0.3 is 25.1 Å². The maximum Gasteiger partial charge on any atom is 0.251 e. The lowest BCUT2D eigenvalue weighted by Gasteiger charge is -2.36. The number of thioether (sulfide) groups is 1. The van der Waals surface area contributed by atoms with Gasteiger partial charge in [-0.2, -0.15) is 4.73 Å². The van der Waals surface area contributed by atoms with E-state index in [0.29, 0.717) is 36.6 Å². The molecule has 11 heteroatoms. The van der Waals surface area contributed by atoms with Crippen LogP contribution in [0, 0.1) is 5.21 Å². The van der Waals surface area contributed by atoms with Gasteiger partial charge >= 0.3 is 0 Å². The minimum atomic E-state index is -0.607. The maximum atomic E-state index is 12.3. The van der Waals surface area contributed by atoms with E-state index in [-0.39, 0.29) is 31.1 Å². The lowest BCUT2D eigenvalue weighted by Crippen LogP contribution is -2.32. The SMILES string of the molecule is O=C(CCCCCCC(=O)NCc1ccc([C@@H]2O[C@H](CSc3cccc[n+]3[O-])C[C@H](c3ccc(CO)cc3)O2)cc1)NO. The number of ether oxygens (including phenoxy) is 2. The van der Waals surface area contributed by atoms with Gasteiger partial charge in [-0.05, 0) is 35.6 Å². The van der Waals surface area contributed by atoms with Crippen molar-refractivity contribution in [1.82, 2.24) is 10.8 Å². The van der Waals surface area contributed by atoms with Gasteiger partial charge in [0.1, 0.15) is 0 Å². The Labute approximate surface area is 256 Å². The van der Waals surface area contributed by atoms with Crippen molar-refractivity contribution >= 4 is 23.6 Å². The van der Waals surface area contributed by atoms with Crippen LogP contribution in [0.2, 0.25) is 0 Å².